The Bertz CT molecular complexity index is 1100. The highest BCUT2D eigenvalue weighted by molar-refractivity contribution is 7.14. The lowest BCUT2D eigenvalue weighted by molar-refractivity contribution is -0.118. The van der Waals surface area contributed by atoms with Gasteiger partial charge in [0.2, 0.25) is 5.91 Å². The zero-order chi connectivity index (χ0) is 23.8. The van der Waals surface area contributed by atoms with Crippen molar-refractivity contribution in [3.05, 3.63) is 59.0 Å². The molecule has 0 fully saturated rings. The van der Waals surface area contributed by atoms with Crippen molar-refractivity contribution in [2.75, 3.05) is 19.0 Å². The van der Waals surface area contributed by atoms with Crippen LogP contribution in [-0.4, -0.2) is 37.1 Å². The molecule has 2 amide bonds. The summed E-state index contributed by atoms with van der Waals surface area (Å²) >= 11 is 1.27. The molecular weight excluding hydrogens is 452 g/mol. The van der Waals surface area contributed by atoms with Crippen LogP contribution in [0.5, 0.6) is 11.5 Å². The summed E-state index contributed by atoms with van der Waals surface area (Å²) in [7, 11) is 1.30. The van der Waals surface area contributed by atoms with Crippen molar-refractivity contribution in [3.63, 3.8) is 0 Å². The van der Waals surface area contributed by atoms with E-state index in [9.17, 15) is 18.4 Å². The van der Waals surface area contributed by atoms with Gasteiger partial charge in [-0.15, -0.1) is 11.3 Å². The minimum Gasteiger partial charge on any atom is -0.493 e. The first-order valence-electron chi connectivity index (χ1n) is 10.1. The first-order chi connectivity index (χ1) is 15.9. The molecule has 0 aliphatic rings. The molecule has 10 heteroatoms. The van der Waals surface area contributed by atoms with E-state index in [2.05, 4.69) is 20.4 Å². The average Bonchev–Trinajstić information content (AvgIpc) is 3.25. The van der Waals surface area contributed by atoms with Crippen molar-refractivity contribution in [1.29, 1.82) is 0 Å². The highest BCUT2D eigenvalue weighted by Gasteiger charge is 2.15. The molecule has 0 saturated carbocycles. The van der Waals surface area contributed by atoms with Crippen molar-refractivity contribution >= 4 is 28.3 Å². The Morgan fingerprint density at radius 1 is 1.12 bits per heavy atom. The Hall–Kier alpha value is -3.53. The second kappa shape index (κ2) is 11.4. The van der Waals surface area contributed by atoms with Crippen LogP contribution in [0, 0.1) is 0 Å². The van der Waals surface area contributed by atoms with Gasteiger partial charge >= 0.3 is 6.61 Å². The summed E-state index contributed by atoms with van der Waals surface area (Å²) in [6.07, 6.45) is 1.70. The van der Waals surface area contributed by atoms with E-state index in [0.717, 1.165) is 29.7 Å². The smallest absolute Gasteiger partial charge is 0.387 e. The number of aryl methyl sites for hydroxylation is 1. The fourth-order valence-corrected chi connectivity index (χ4v) is 3.75. The number of nitrogens with one attached hydrogen (secondary N) is 2. The van der Waals surface area contributed by atoms with Crippen molar-refractivity contribution in [2.45, 2.75) is 26.4 Å². The fraction of sp³-hybridized carbons (Fsp3) is 0.261. The number of benzene rings is 2. The van der Waals surface area contributed by atoms with Gasteiger partial charge in [0.1, 0.15) is 0 Å². The third kappa shape index (κ3) is 6.98. The number of anilines is 1. The molecule has 0 radical (unpaired) electrons. The number of thiazole rings is 1. The van der Waals surface area contributed by atoms with E-state index in [1.165, 1.54) is 43.6 Å². The molecule has 3 rings (SSSR count). The zero-order valence-corrected chi connectivity index (χ0v) is 18.9. The minimum atomic E-state index is -3.00. The van der Waals surface area contributed by atoms with E-state index in [1.807, 2.05) is 29.6 Å². The van der Waals surface area contributed by atoms with Gasteiger partial charge < -0.3 is 14.8 Å². The summed E-state index contributed by atoms with van der Waals surface area (Å²) < 4.78 is 34.3. The molecule has 0 spiro atoms. The van der Waals surface area contributed by atoms with Crippen LogP contribution < -0.4 is 20.1 Å². The van der Waals surface area contributed by atoms with Crippen LogP contribution in [0.3, 0.4) is 0 Å². The average molecular weight is 476 g/mol. The Morgan fingerprint density at radius 3 is 2.55 bits per heavy atom. The van der Waals surface area contributed by atoms with Gasteiger partial charge in [0, 0.05) is 30.0 Å². The third-order valence-corrected chi connectivity index (χ3v) is 5.39. The number of carbonyl (C=O) groups excluding carboxylic acids is 2. The van der Waals surface area contributed by atoms with E-state index < -0.39 is 12.5 Å². The second-order valence-electron chi connectivity index (χ2n) is 7.02. The van der Waals surface area contributed by atoms with Gasteiger partial charge in [0.25, 0.3) is 5.91 Å². The lowest BCUT2D eigenvalue weighted by Crippen LogP contribution is -2.21. The van der Waals surface area contributed by atoms with E-state index in [1.54, 1.807) is 0 Å². The van der Waals surface area contributed by atoms with Crippen LogP contribution >= 0.6 is 11.3 Å². The van der Waals surface area contributed by atoms with E-state index >= 15 is 0 Å². The first kappa shape index (κ1) is 24.1. The molecular formula is C23H23F2N3O4S. The monoisotopic (exact) mass is 475 g/mol. The van der Waals surface area contributed by atoms with Gasteiger partial charge in [0.15, 0.2) is 16.6 Å². The fourth-order valence-electron chi connectivity index (χ4n) is 3.03. The number of aromatic nitrogens is 1. The third-order valence-electron chi connectivity index (χ3n) is 4.63. The maximum atomic E-state index is 12.6. The summed E-state index contributed by atoms with van der Waals surface area (Å²) in [4.78, 5) is 27.9. The lowest BCUT2D eigenvalue weighted by atomic mass is 10.1. The maximum Gasteiger partial charge on any atom is 0.387 e. The Balaban J connectivity index is 1.61. The summed E-state index contributed by atoms with van der Waals surface area (Å²) in [6.45, 7) is -0.859. The number of halogens is 2. The minimum absolute atomic E-state index is 0.0277. The van der Waals surface area contributed by atoms with Crippen LogP contribution in [0.2, 0.25) is 0 Å². The molecule has 2 N–H and O–H groups in total. The Kier molecular flexibility index (Phi) is 8.31. The molecule has 0 atom stereocenters. The molecule has 0 bridgehead atoms. The number of carbonyl (C=O) groups is 2. The van der Waals surface area contributed by atoms with Gasteiger partial charge in [-0.05, 0) is 36.6 Å². The molecule has 1 aromatic heterocycles. The van der Waals surface area contributed by atoms with E-state index in [-0.39, 0.29) is 23.0 Å². The number of methoxy groups -OCH3 is 1. The van der Waals surface area contributed by atoms with Crippen LogP contribution in [-0.2, 0) is 11.2 Å². The molecule has 7 nitrogen and oxygen atoms in total. The number of ether oxygens (including phenoxy) is 2. The van der Waals surface area contributed by atoms with Crippen molar-refractivity contribution in [1.82, 2.24) is 10.3 Å². The molecule has 3 aromatic rings. The van der Waals surface area contributed by atoms with Crippen LogP contribution in [0.15, 0.2) is 47.8 Å². The molecule has 0 unspecified atom stereocenters. The van der Waals surface area contributed by atoms with Gasteiger partial charge in [-0.3, -0.25) is 14.9 Å². The second-order valence-corrected chi connectivity index (χ2v) is 7.88. The topological polar surface area (TPSA) is 89.5 Å². The van der Waals surface area contributed by atoms with Gasteiger partial charge in [-0.25, -0.2) is 4.98 Å². The molecule has 2 aromatic carbocycles. The summed E-state index contributed by atoms with van der Waals surface area (Å²) in [5.74, 6) is -0.611. The van der Waals surface area contributed by atoms with Crippen molar-refractivity contribution < 1.29 is 27.8 Å². The number of hydrogen-bond acceptors (Lipinski definition) is 6. The summed E-state index contributed by atoms with van der Waals surface area (Å²) in [5, 5.41) is 7.72. The normalized spacial score (nSPS) is 10.7. The molecule has 33 heavy (non-hydrogen) atoms. The maximum absolute atomic E-state index is 12.6. The van der Waals surface area contributed by atoms with Crippen molar-refractivity contribution in [3.8, 4) is 22.8 Å². The predicted octanol–water partition coefficient (Wildman–Crippen LogP) is 4.74. The molecule has 174 valence electrons. The molecule has 0 aliphatic heterocycles. The van der Waals surface area contributed by atoms with Gasteiger partial charge in [0.05, 0.1) is 12.8 Å². The van der Waals surface area contributed by atoms with Crippen LogP contribution in [0.25, 0.3) is 11.3 Å². The highest BCUT2D eigenvalue weighted by Crippen LogP contribution is 2.30. The SMILES string of the molecule is COc1cc(C(=O)Nc2nc(-c3ccc(CCCNC(C)=O)cc3)cs2)ccc1OC(F)F. The van der Waals surface area contributed by atoms with Gasteiger partial charge in [-0.2, -0.15) is 8.78 Å². The lowest BCUT2D eigenvalue weighted by Gasteiger charge is -2.11. The molecule has 1 heterocycles. The van der Waals surface area contributed by atoms with Crippen LogP contribution in [0.4, 0.5) is 13.9 Å². The number of alkyl halides is 2. The van der Waals surface area contributed by atoms with E-state index in [0.29, 0.717) is 11.7 Å². The highest BCUT2D eigenvalue weighted by atomic mass is 32.1. The van der Waals surface area contributed by atoms with E-state index in [4.69, 9.17) is 4.74 Å². The standard InChI is InChI=1S/C23H23F2N3O4S/c1-14(29)26-11-3-4-15-5-7-16(8-6-15)18-13-33-23(27-18)28-21(30)17-9-10-19(32-22(24)25)20(12-17)31-2/h5-10,12-13,22H,3-4,11H2,1-2H3,(H,26,29)(H,27,28,30). The Labute approximate surface area is 193 Å². The Morgan fingerprint density at radius 2 is 1.88 bits per heavy atom. The van der Waals surface area contributed by atoms with Gasteiger partial charge in [-0.1, -0.05) is 24.3 Å². The summed E-state index contributed by atoms with van der Waals surface area (Å²) in [6, 6.07) is 11.9. The van der Waals surface area contributed by atoms with Crippen LogP contribution in [0.1, 0.15) is 29.3 Å². The number of rotatable bonds is 10. The predicted molar refractivity (Wildman–Crippen MR) is 122 cm³/mol. The zero-order valence-electron chi connectivity index (χ0n) is 18.1. The number of nitrogens with zero attached hydrogens (tertiary/aromatic N) is 1. The first-order valence-corrected chi connectivity index (χ1v) is 11.0. The molecule has 0 aliphatic carbocycles. The quantitative estimate of drug-likeness (QED) is 0.414. The summed E-state index contributed by atoms with van der Waals surface area (Å²) in [5.41, 5.74) is 3.00. The number of amides is 2. The molecule has 0 saturated heterocycles. The van der Waals surface area contributed by atoms with Crippen molar-refractivity contribution in [2.24, 2.45) is 0 Å². The largest absolute Gasteiger partial charge is 0.493 e. The number of hydrogen-bond donors (Lipinski definition) is 2.